The number of nitrogens with zero attached hydrogens (tertiary/aromatic N) is 1. The highest BCUT2D eigenvalue weighted by atomic mass is 15.3. The van der Waals surface area contributed by atoms with Crippen molar-refractivity contribution in [2.75, 3.05) is 0 Å². The van der Waals surface area contributed by atoms with Gasteiger partial charge in [-0.15, -0.1) is 0 Å². The average molecular weight is 182 g/mol. The summed E-state index contributed by atoms with van der Waals surface area (Å²) in [6.45, 7) is 11.1. The molecule has 0 aromatic rings. The van der Waals surface area contributed by atoms with E-state index in [4.69, 9.17) is 0 Å². The Kier molecular flexibility index (Phi) is 2.99. The van der Waals surface area contributed by atoms with Gasteiger partial charge in [0.2, 0.25) is 0 Å². The van der Waals surface area contributed by atoms with Crippen LogP contribution in [0.4, 0.5) is 0 Å². The molecule has 0 amide bonds. The van der Waals surface area contributed by atoms with Crippen LogP contribution in [-0.2, 0) is 0 Å². The van der Waals surface area contributed by atoms with Gasteiger partial charge in [-0.1, -0.05) is 27.7 Å². The Bertz CT molecular complexity index is 204. The van der Waals surface area contributed by atoms with Crippen molar-refractivity contribution in [3.63, 3.8) is 0 Å². The number of hydrogen-bond acceptors (Lipinski definition) is 2. The van der Waals surface area contributed by atoms with Crippen LogP contribution in [0.2, 0.25) is 0 Å². The first-order chi connectivity index (χ1) is 5.93. The van der Waals surface area contributed by atoms with Gasteiger partial charge in [0, 0.05) is 17.2 Å². The van der Waals surface area contributed by atoms with Gasteiger partial charge in [0.1, 0.15) is 0 Å². The molecule has 0 saturated heterocycles. The molecule has 1 unspecified atom stereocenters. The third-order valence-corrected chi connectivity index (χ3v) is 3.17. The van der Waals surface area contributed by atoms with Crippen molar-refractivity contribution in [3.8, 4) is 0 Å². The van der Waals surface area contributed by atoms with E-state index >= 15 is 0 Å². The molecular formula is C11H22N2. The quantitative estimate of drug-likeness (QED) is 0.667. The second-order valence-electron chi connectivity index (χ2n) is 5.10. The van der Waals surface area contributed by atoms with Gasteiger partial charge in [-0.05, 0) is 25.7 Å². The van der Waals surface area contributed by atoms with E-state index in [1.807, 2.05) is 0 Å². The van der Waals surface area contributed by atoms with Crippen LogP contribution in [0.5, 0.6) is 0 Å². The first kappa shape index (κ1) is 10.6. The van der Waals surface area contributed by atoms with E-state index in [0.717, 1.165) is 0 Å². The normalized spacial score (nSPS) is 25.8. The van der Waals surface area contributed by atoms with Crippen LogP contribution in [0.15, 0.2) is 5.10 Å². The third-order valence-electron chi connectivity index (χ3n) is 3.17. The van der Waals surface area contributed by atoms with Crippen LogP contribution in [-0.4, -0.2) is 11.8 Å². The molecule has 1 atom stereocenters. The molecule has 13 heavy (non-hydrogen) atoms. The minimum absolute atomic E-state index is 0.351. The molecule has 1 rings (SSSR count). The molecule has 1 saturated carbocycles. The Hall–Kier alpha value is -0.530. The van der Waals surface area contributed by atoms with Gasteiger partial charge in [-0.2, -0.15) is 5.10 Å². The molecule has 2 nitrogen and oxygen atoms in total. The summed E-state index contributed by atoms with van der Waals surface area (Å²) in [7, 11) is 0. The topological polar surface area (TPSA) is 24.4 Å². The summed E-state index contributed by atoms with van der Waals surface area (Å²) < 4.78 is 0. The molecule has 1 aliphatic rings. The van der Waals surface area contributed by atoms with Crippen molar-refractivity contribution in [2.24, 2.45) is 16.4 Å². The maximum absolute atomic E-state index is 4.47. The first-order valence-corrected chi connectivity index (χ1v) is 5.26. The summed E-state index contributed by atoms with van der Waals surface area (Å²) in [5.74, 6) is 0.646. The lowest BCUT2D eigenvalue weighted by Crippen LogP contribution is -2.38. The van der Waals surface area contributed by atoms with Gasteiger partial charge >= 0.3 is 0 Å². The van der Waals surface area contributed by atoms with Gasteiger partial charge in [-0.3, -0.25) is 0 Å². The zero-order valence-corrected chi connectivity index (χ0v) is 9.52. The lowest BCUT2D eigenvalue weighted by atomic mass is 9.70. The fraction of sp³-hybridized carbons (Fsp3) is 0.909. The number of rotatable bonds is 3. The van der Waals surface area contributed by atoms with Crippen LogP contribution < -0.4 is 5.43 Å². The van der Waals surface area contributed by atoms with Crippen molar-refractivity contribution < 1.29 is 0 Å². The fourth-order valence-electron chi connectivity index (χ4n) is 1.27. The van der Waals surface area contributed by atoms with E-state index in [0.29, 0.717) is 17.4 Å². The van der Waals surface area contributed by atoms with Crippen molar-refractivity contribution >= 4 is 5.71 Å². The monoisotopic (exact) mass is 182 g/mol. The largest absolute Gasteiger partial charge is 0.307 e. The molecule has 0 heterocycles. The van der Waals surface area contributed by atoms with Crippen LogP contribution >= 0.6 is 0 Å². The van der Waals surface area contributed by atoms with Crippen molar-refractivity contribution in [3.05, 3.63) is 0 Å². The van der Waals surface area contributed by atoms with E-state index in [9.17, 15) is 0 Å². The van der Waals surface area contributed by atoms with Crippen LogP contribution in [0, 0.1) is 11.3 Å². The van der Waals surface area contributed by atoms with Gasteiger partial charge < -0.3 is 5.43 Å². The summed E-state index contributed by atoms with van der Waals surface area (Å²) in [4.78, 5) is 0. The van der Waals surface area contributed by atoms with Crippen LogP contribution in [0.1, 0.15) is 47.5 Å². The number of hydrazone groups is 1. The van der Waals surface area contributed by atoms with Gasteiger partial charge in [0.15, 0.2) is 0 Å². The lowest BCUT2D eigenvalue weighted by molar-refractivity contribution is 0.385. The highest BCUT2D eigenvalue weighted by Gasteiger charge is 2.34. The highest BCUT2D eigenvalue weighted by Crippen LogP contribution is 2.36. The number of nitrogens with one attached hydrogen (secondary N) is 1. The van der Waals surface area contributed by atoms with Gasteiger partial charge in [0.25, 0.3) is 0 Å². The summed E-state index contributed by atoms with van der Waals surface area (Å²) in [5, 5.41) is 4.47. The summed E-state index contributed by atoms with van der Waals surface area (Å²) in [6.07, 6.45) is 2.45. The smallest absolute Gasteiger partial charge is 0.0435 e. The average Bonchev–Trinajstić information content (AvgIpc) is 2.02. The van der Waals surface area contributed by atoms with E-state index in [1.54, 1.807) is 0 Å². The minimum atomic E-state index is 0.351. The standard InChI is InChI=1S/C11H22N2/c1-8(2)9(3)12-13-10-6-7-11(10,4)5/h8-9,12H,6-7H2,1-5H3/b13-10-. The molecule has 1 fully saturated rings. The predicted octanol–water partition coefficient (Wildman–Crippen LogP) is 2.80. The maximum Gasteiger partial charge on any atom is 0.0435 e. The highest BCUT2D eigenvalue weighted by molar-refractivity contribution is 5.94. The SMILES string of the molecule is CC(C)C(C)N/N=C1/CCC1(C)C. The first-order valence-electron chi connectivity index (χ1n) is 5.26. The van der Waals surface area contributed by atoms with E-state index in [2.05, 4.69) is 45.1 Å². The molecule has 1 aliphatic carbocycles. The Balaban J connectivity index is 2.41. The Labute approximate surface area is 81.8 Å². The molecule has 0 aromatic heterocycles. The van der Waals surface area contributed by atoms with E-state index in [1.165, 1.54) is 18.6 Å². The molecule has 0 radical (unpaired) electrons. The van der Waals surface area contributed by atoms with E-state index in [-0.39, 0.29) is 0 Å². The molecule has 76 valence electrons. The molecule has 2 heteroatoms. The van der Waals surface area contributed by atoms with Gasteiger partial charge in [-0.25, -0.2) is 0 Å². The Morgan fingerprint density at radius 1 is 1.31 bits per heavy atom. The van der Waals surface area contributed by atoms with Crippen LogP contribution in [0.3, 0.4) is 0 Å². The van der Waals surface area contributed by atoms with E-state index < -0.39 is 0 Å². The Morgan fingerprint density at radius 3 is 2.23 bits per heavy atom. The second kappa shape index (κ2) is 3.69. The zero-order chi connectivity index (χ0) is 10.1. The van der Waals surface area contributed by atoms with Gasteiger partial charge in [0.05, 0.1) is 0 Å². The zero-order valence-electron chi connectivity index (χ0n) is 9.52. The van der Waals surface area contributed by atoms with Crippen molar-refractivity contribution in [2.45, 2.75) is 53.5 Å². The van der Waals surface area contributed by atoms with Crippen molar-refractivity contribution in [1.82, 2.24) is 5.43 Å². The minimum Gasteiger partial charge on any atom is -0.307 e. The number of hydrogen-bond donors (Lipinski definition) is 1. The third kappa shape index (κ3) is 2.45. The summed E-state index contributed by atoms with van der Waals surface area (Å²) >= 11 is 0. The Morgan fingerprint density at radius 2 is 1.92 bits per heavy atom. The maximum atomic E-state index is 4.47. The molecule has 1 N–H and O–H groups in total. The second-order valence-corrected chi connectivity index (χ2v) is 5.10. The predicted molar refractivity (Wildman–Crippen MR) is 57.9 cm³/mol. The molecule has 0 spiro atoms. The molecular weight excluding hydrogens is 160 g/mol. The molecule has 0 bridgehead atoms. The van der Waals surface area contributed by atoms with Crippen LogP contribution in [0.25, 0.3) is 0 Å². The summed E-state index contributed by atoms with van der Waals surface area (Å²) in [5.41, 5.74) is 4.91. The van der Waals surface area contributed by atoms with Crippen molar-refractivity contribution in [1.29, 1.82) is 0 Å². The fourth-order valence-corrected chi connectivity index (χ4v) is 1.27. The lowest BCUT2D eigenvalue weighted by Gasteiger charge is -2.36. The molecule has 0 aromatic carbocycles. The molecule has 0 aliphatic heterocycles. The summed E-state index contributed by atoms with van der Waals surface area (Å²) in [6, 6.07) is 0.476.